The third-order valence-electron chi connectivity index (χ3n) is 7.75. The van der Waals surface area contributed by atoms with Crippen LogP contribution in [0.2, 0.25) is 0 Å². The van der Waals surface area contributed by atoms with Crippen LogP contribution in [0.25, 0.3) is 50.0 Å². The van der Waals surface area contributed by atoms with Gasteiger partial charge in [-0.15, -0.1) is 0 Å². The fraction of sp³-hybridized carbons (Fsp3) is 0.0682. The largest absolute Gasteiger partial charge is 1.00 e. The van der Waals surface area contributed by atoms with Crippen molar-refractivity contribution in [2.45, 2.75) is 13.8 Å². The summed E-state index contributed by atoms with van der Waals surface area (Å²) in [6.07, 6.45) is 4.22. The number of ketones is 2. The summed E-state index contributed by atoms with van der Waals surface area (Å²) in [7, 11) is 0. The fourth-order valence-electron chi connectivity index (χ4n) is 5.37. The zero-order chi connectivity index (χ0) is 37.0. The van der Waals surface area contributed by atoms with E-state index in [1.54, 1.807) is 38.1 Å². The van der Waals surface area contributed by atoms with Gasteiger partial charge < -0.3 is 19.4 Å². The molecule has 0 saturated heterocycles. The Morgan fingerprint density at radius 3 is 1.54 bits per heavy atom. The average Bonchev–Trinajstić information content (AvgIpc) is 3.74. The molecule has 2 heterocycles. The summed E-state index contributed by atoms with van der Waals surface area (Å²) >= 11 is 6.67. The normalized spacial score (nSPS) is 10.2. The first-order chi connectivity index (χ1) is 25.2. The predicted molar refractivity (Wildman–Crippen MR) is 219 cm³/mol. The molecule has 2 N–H and O–H groups in total. The van der Waals surface area contributed by atoms with E-state index >= 15 is 0 Å². The maximum atomic E-state index is 12.3. The van der Waals surface area contributed by atoms with Crippen molar-refractivity contribution >= 4 is 99.7 Å². The van der Waals surface area contributed by atoms with Gasteiger partial charge in [0, 0.05) is 53.8 Å². The molecule has 0 atom stereocenters. The number of hydrogen-bond donors (Lipinski definition) is 1. The number of fused-ring (bicyclic) bond motifs is 6. The van der Waals surface area contributed by atoms with Gasteiger partial charge in [-0.1, -0.05) is 123 Å². The molecule has 0 aliphatic heterocycles. The Morgan fingerprint density at radius 2 is 1.06 bits per heavy atom. The SMILES string of the molecule is CC(=O)c1cccc(Br)c1.CCO.O=C(/C=C/c1cccc2c1oc1ccccc12)c1cccc(Br)c1.O=Cc1cccc2c1oc1ccccc12.[Na+].[OH-]. The number of aliphatic hydroxyl groups excluding tert-OH is 1. The number of aliphatic hydroxyl groups is 1. The molecule has 10 heteroatoms. The van der Waals surface area contributed by atoms with Crippen LogP contribution < -0.4 is 29.6 Å². The minimum atomic E-state index is -0.0376. The van der Waals surface area contributed by atoms with E-state index < -0.39 is 0 Å². The quantitative estimate of drug-likeness (QED) is 0.0792. The molecule has 2 aromatic heterocycles. The molecule has 8 rings (SSSR count). The van der Waals surface area contributed by atoms with Crippen LogP contribution in [0.5, 0.6) is 0 Å². The number of hydrogen-bond acceptors (Lipinski definition) is 7. The second kappa shape index (κ2) is 21.4. The zero-order valence-corrected chi connectivity index (χ0v) is 35.0. The maximum absolute atomic E-state index is 12.3. The van der Waals surface area contributed by atoms with Crippen molar-refractivity contribution in [3.63, 3.8) is 0 Å². The number of benzene rings is 6. The Bertz CT molecular complexity index is 2530. The van der Waals surface area contributed by atoms with Gasteiger partial charge in [0.25, 0.3) is 0 Å². The molecular weight excluding hydrogens is 823 g/mol. The van der Waals surface area contributed by atoms with Gasteiger partial charge in [0.05, 0.1) is 5.56 Å². The average molecular weight is 859 g/mol. The number of carbonyl (C=O) groups is 3. The van der Waals surface area contributed by atoms with E-state index in [9.17, 15) is 14.4 Å². The number of furan rings is 2. The molecule has 268 valence electrons. The van der Waals surface area contributed by atoms with Gasteiger partial charge in [-0.3, -0.25) is 14.4 Å². The first-order valence-corrected chi connectivity index (χ1v) is 17.9. The van der Waals surface area contributed by atoms with Crippen LogP contribution in [-0.2, 0) is 0 Å². The van der Waals surface area contributed by atoms with Crippen LogP contribution in [0.15, 0.2) is 157 Å². The number of carbonyl (C=O) groups excluding carboxylic acids is 3. The molecule has 0 unspecified atom stereocenters. The van der Waals surface area contributed by atoms with Crippen LogP contribution in [0.4, 0.5) is 0 Å². The number of para-hydroxylation sites is 4. The molecule has 0 aliphatic carbocycles. The first-order valence-electron chi connectivity index (χ1n) is 16.3. The monoisotopic (exact) mass is 856 g/mol. The van der Waals surface area contributed by atoms with Gasteiger partial charge in [0.15, 0.2) is 17.9 Å². The van der Waals surface area contributed by atoms with Crippen molar-refractivity contribution in [3.8, 4) is 0 Å². The fourth-order valence-corrected chi connectivity index (χ4v) is 6.17. The van der Waals surface area contributed by atoms with Crippen molar-refractivity contribution in [3.05, 3.63) is 171 Å². The van der Waals surface area contributed by atoms with Crippen LogP contribution >= 0.6 is 31.9 Å². The summed E-state index contributed by atoms with van der Waals surface area (Å²) in [5.74, 6) is 0.0608. The molecular formula is C44H35Br2NaO7. The Balaban J connectivity index is 0.000000224. The molecule has 0 fully saturated rings. The van der Waals surface area contributed by atoms with E-state index in [0.717, 1.165) is 64.7 Å². The van der Waals surface area contributed by atoms with Crippen molar-refractivity contribution in [1.82, 2.24) is 0 Å². The number of rotatable bonds is 5. The summed E-state index contributed by atoms with van der Waals surface area (Å²) in [4.78, 5) is 34.0. The Kier molecular flexibility index (Phi) is 17.5. The van der Waals surface area contributed by atoms with Crippen LogP contribution in [-0.4, -0.2) is 35.0 Å². The molecule has 54 heavy (non-hydrogen) atoms. The number of allylic oxidation sites excluding steroid dienone is 1. The standard InChI is InChI=1S/C21H13BrO2.C13H8O2.C8H7BrO.C2H6O.Na.H2O/c22-16-7-3-6-15(13-16)19(23)12-11-14-5-4-9-18-17-8-1-2-10-20(17)24-21(14)18;14-8-9-4-3-6-11-10-5-1-2-7-12(10)15-13(9)11;1-6(10)7-3-2-4-8(9)5-7;1-2-3;;/h1-13H;1-8H;2-5H,1H3;3H,2H2,1H3;;1H2/q;;;;+1;/p-1/b12-11+;;;;;. The summed E-state index contributed by atoms with van der Waals surface area (Å²) in [6.45, 7) is 3.49. The number of halogens is 2. The molecule has 8 aromatic rings. The van der Waals surface area contributed by atoms with Crippen LogP contribution in [0.1, 0.15) is 50.5 Å². The molecule has 0 amide bonds. The molecule has 0 spiro atoms. The number of aldehydes is 1. The molecule has 0 saturated carbocycles. The van der Waals surface area contributed by atoms with Gasteiger partial charge in [0.2, 0.25) is 0 Å². The van der Waals surface area contributed by atoms with Gasteiger partial charge in [-0.25, -0.2) is 0 Å². The van der Waals surface area contributed by atoms with E-state index in [0.29, 0.717) is 16.7 Å². The smallest absolute Gasteiger partial charge is 0.870 e. The third kappa shape index (κ3) is 11.1. The summed E-state index contributed by atoms with van der Waals surface area (Å²) in [5, 5.41) is 11.8. The van der Waals surface area contributed by atoms with Crippen LogP contribution in [0.3, 0.4) is 0 Å². The molecule has 0 bridgehead atoms. The number of Topliss-reactive ketones (excluding diaryl/α,β-unsaturated/α-hetero) is 1. The van der Waals surface area contributed by atoms with E-state index in [1.807, 2.05) is 121 Å². The predicted octanol–water partition coefficient (Wildman–Crippen LogP) is 9.12. The topological polar surface area (TPSA) is 128 Å². The van der Waals surface area contributed by atoms with Crippen molar-refractivity contribution in [2.75, 3.05) is 6.61 Å². The molecule has 6 aromatic carbocycles. The molecule has 0 aliphatic rings. The van der Waals surface area contributed by atoms with Crippen molar-refractivity contribution in [2.24, 2.45) is 0 Å². The van der Waals surface area contributed by atoms with Gasteiger partial charge in [0.1, 0.15) is 22.3 Å². The van der Waals surface area contributed by atoms with E-state index in [2.05, 4.69) is 31.9 Å². The Hall–Kier alpha value is -4.45. The second-order valence-electron chi connectivity index (χ2n) is 11.4. The van der Waals surface area contributed by atoms with E-state index in [1.165, 1.54) is 0 Å². The minimum Gasteiger partial charge on any atom is -0.870 e. The van der Waals surface area contributed by atoms with Gasteiger partial charge >= 0.3 is 29.6 Å². The van der Waals surface area contributed by atoms with Gasteiger partial charge in [-0.05, 0) is 68.5 Å². The van der Waals surface area contributed by atoms with E-state index in [4.69, 9.17) is 13.9 Å². The third-order valence-corrected chi connectivity index (χ3v) is 8.74. The first kappa shape index (κ1) is 44.0. The minimum absolute atomic E-state index is 0. The van der Waals surface area contributed by atoms with Gasteiger partial charge in [-0.2, -0.15) is 0 Å². The Morgan fingerprint density at radius 1 is 0.630 bits per heavy atom. The van der Waals surface area contributed by atoms with Crippen molar-refractivity contribution in [1.29, 1.82) is 0 Å². The van der Waals surface area contributed by atoms with E-state index in [-0.39, 0.29) is 53.2 Å². The molecule has 7 nitrogen and oxygen atoms in total. The summed E-state index contributed by atoms with van der Waals surface area (Å²) in [6, 6.07) is 42.0. The summed E-state index contributed by atoms with van der Waals surface area (Å²) < 4.78 is 13.4. The second-order valence-corrected chi connectivity index (χ2v) is 13.2. The van der Waals surface area contributed by atoms with Crippen molar-refractivity contribution < 1.29 is 63.4 Å². The zero-order valence-electron chi connectivity index (χ0n) is 29.8. The maximum Gasteiger partial charge on any atom is 1.00 e. The Labute approximate surface area is 351 Å². The summed E-state index contributed by atoms with van der Waals surface area (Å²) in [5.41, 5.74) is 6.04. The molecule has 0 radical (unpaired) electrons. The van der Waals surface area contributed by atoms with Crippen LogP contribution in [0, 0.1) is 0 Å².